The molecule has 0 fully saturated rings. The van der Waals surface area contributed by atoms with Crippen LogP contribution in [0.2, 0.25) is 0 Å². The van der Waals surface area contributed by atoms with Gasteiger partial charge in [-0.2, -0.15) is 0 Å². The van der Waals surface area contributed by atoms with Crippen molar-refractivity contribution in [2.75, 3.05) is 11.9 Å². The number of anilines is 1. The normalized spacial score (nSPS) is 10.8. The van der Waals surface area contributed by atoms with Crippen LogP contribution in [-0.4, -0.2) is 17.5 Å². The van der Waals surface area contributed by atoms with Crippen LogP contribution in [-0.2, 0) is 0 Å². The third-order valence-corrected chi connectivity index (χ3v) is 4.62. The minimum absolute atomic E-state index is 0.211. The van der Waals surface area contributed by atoms with Gasteiger partial charge >= 0.3 is 0 Å². The Morgan fingerprint density at radius 1 is 1.11 bits per heavy atom. The van der Waals surface area contributed by atoms with Gasteiger partial charge in [0.15, 0.2) is 5.58 Å². The Kier molecular flexibility index (Phi) is 5.12. The fraction of sp³-hybridized carbons (Fsp3) is 0.0909. The Balaban J connectivity index is 1.58. The first-order chi connectivity index (χ1) is 13.6. The molecule has 28 heavy (non-hydrogen) atoms. The van der Waals surface area contributed by atoms with Crippen molar-refractivity contribution < 1.29 is 13.9 Å². The molecule has 0 radical (unpaired) electrons. The highest BCUT2D eigenvalue weighted by molar-refractivity contribution is 9.10. The molecule has 4 aromatic rings. The molecule has 1 aromatic heterocycles. The monoisotopic (exact) mass is 436 g/mol. The molecule has 0 atom stereocenters. The molecule has 0 aliphatic carbocycles. The maximum Gasteiger partial charge on any atom is 0.255 e. The van der Waals surface area contributed by atoms with Crippen LogP contribution in [0.1, 0.15) is 17.3 Å². The van der Waals surface area contributed by atoms with Gasteiger partial charge in [-0.1, -0.05) is 28.1 Å². The van der Waals surface area contributed by atoms with Gasteiger partial charge in [-0.3, -0.25) is 4.79 Å². The second-order valence-electron chi connectivity index (χ2n) is 6.13. The number of rotatable bonds is 5. The quantitative estimate of drug-likeness (QED) is 0.422. The van der Waals surface area contributed by atoms with Crippen LogP contribution in [0.3, 0.4) is 0 Å². The number of benzene rings is 3. The highest BCUT2D eigenvalue weighted by Gasteiger charge is 2.11. The summed E-state index contributed by atoms with van der Waals surface area (Å²) in [6.07, 6.45) is 0. The fourth-order valence-corrected chi connectivity index (χ4v) is 3.25. The molecule has 0 saturated heterocycles. The zero-order valence-electron chi connectivity index (χ0n) is 15.1. The zero-order chi connectivity index (χ0) is 19.5. The number of amides is 1. The minimum atomic E-state index is -0.211. The highest BCUT2D eigenvalue weighted by Crippen LogP contribution is 2.28. The molecule has 0 aliphatic rings. The number of halogens is 1. The summed E-state index contributed by atoms with van der Waals surface area (Å²) in [5.41, 5.74) is 3.39. The average molecular weight is 437 g/mol. The lowest BCUT2D eigenvalue weighted by Crippen LogP contribution is -2.11. The summed E-state index contributed by atoms with van der Waals surface area (Å²) in [6, 6.07) is 20.2. The van der Waals surface area contributed by atoms with Crippen molar-refractivity contribution in [1.29, 1.82) is 0 Å². The first-order valence-corrected chi connectivity index (χ1v) is 9.62. The van der Waals surface area contributed by atoms with E-state index in [1.54, 1.807) is 36.4 Å². The van der Waals surface area contributed by atoms with E-state index in [-0.39, 0.29) is 5.91 Å². The Morgan fingerprint density at radius 2 is 1.96 bits per heavy atom. The second-order valence-corrected chi connectivity index (χ2v) is 7.04. The fourth-order valence-electron chi connectivity index (χ4n) is 2.85. The smallest absolute Gasteiger partial charge is 0.255 e. The van der Waals surface area contributed by atoms with E-state index in [0.717, 1.165) is 10.0 Å². The standard InChI is InChI=1S/C22H17BrN2O3/c1-2-27-18-8-4-5-14(12-18)21(26)24-17-9-10-20-19(13-17)25-22(28-20)15-6-3-7-16(23)11-15/h3-13H,2H2,1H3,(H,24,26). The van der Waals surface area contributed by atoms with E-state index in [1.165, 1.54) is 0 Å². The second kappa shape index (κ2) is 7.86. The summed E-state index contributed by atoms with van der Waals surface area (Å²) in [5.74, 6) is 0.988. The first kappa shape index (κ1) is 18.3. The van der Waals surface area contributed by atoms with Gasteiger partial charge in [-0.15, -0.1) is 0 Å². The van der Waals surface area contributed by atoms with Crippen molar-refractivity contribution in [2.24, 2.45) is 0 Å². The molecule has 3 aromatic carbocycles. The topological polar surface area (TPSA) is 64.4 Å². The first-order valence-electron chi connectivity index (χ1n) is 8.83. The largest absolute Gasteiger partial charge is 0.494 e. The molecule has 0 unspecified atom stereocenters. The predicted molar refractivity (Wildman–Crippen MR) is 113 cm³/mol. The van der Waals surface area contributed by atoms with E-state index in [1.807, 2.05) is 37.3 Å². The average Bonchev–Trinajstić information content (AvgIpc) is 3.12. The lowest BCUT2D eigenvalue weighted by molar-refractivity contribution is 0.102. The SMILES string of the molecule is CCOc1cccc(C(=O)Nc2ccc3oc(-c4cccc(Br)c4)nc3c2)c1. The third kappa shape index (κ3) is 3.92. The van der Waals surface area contributed by atoms with Crippen LogP contribution < -0.4 is 10.1 Å². The minimum Gasteiger partial charge on any atom is -0.494 e. The maximum absolute atomic E-state index is 12.6. The van der Waals surface area contributed by atoms with Crippen LogP contribution >= 0.6 is 15.9 Å². The van der Waals surface area contributed by atoms with Gasteiger partial charge in [-0.05, 0) is 61.5 Å². The molecule has 6 heteroatoms. The van der Waals surface area contributed by atoms with Gasteiger partial charge in [0.25, 0.3) is 5.91 Å². The Morgan fingerprint density at radius 3 is 2.79 bits per heavy atom. The number of nitrogens with one attached hydrogen (secondary N) is 1. The number of ether oxygens (including phenoxy) is 1. The summed E-state index contributed by atoms with van der Waals surface area (Å²) in [4.78, 5) is 17.1. The van der Waals surface area contributed by atoms with Crippen molar-refractivity contribution in [3.63, 3.8) is 0 Å². The molecule has 140 valence electrons. The predicted octanol–water partition coefficient (Wildman–Crippen LogP) is 5.91. The molecule has 0 spiro atoms. The lowest BCUT2D eigenvalue weighted by atomic mass is 10.2. The number of carbonyl (C=O) groups excluding carboxylic acids is 1. The number of nitrogens with zero attached hydrogens (tertiary/aromatic N) is 1. The molecule has 4 rings (SSSR count). The molecular weight excluding hydrogens is 420 g/mol. The summed E-state index contributed by atoms with van der Waals surface area (Å²) in [6.45, 7) is 2.45. The molecular formula is C22H17BrN2O3. The summed E-state index contributed by atoms with van der Waals surface area (Å²) >= 11 is 3.45. The maximum atomic E-state index is 12.6. The lowest BCUT2D eigenvalue weighted by Gasteiger charge is -2.07. The molecule has 0 bridgehead atoms. The van der Waals surface area contributed by atoms with Crippen LogP contribution in [0.5, 0.6) is 5.75 Å². The Bertz CT molecular complexity index is 1150. The van der Waals surface area contributed by atoms with E-state index in [0.29, 0.717) is 40.6 Å². The van der Waals surface area contributed by atoms with Gasteiger partial charge in [0, 0.05) is 21.3 Å². The van der Waals surface area contributed by atoms with E-state index in [4.69, 9.17) is 9.15 Å². The number of oxazole rings is 1. The zero-order valence-corrected chi connectivity index (χ0v) is 16.7. The number of hydrogen-bond acceptors (Lipinski definition) is 4. The third-order valence-electron chi connectivity index (χ3n) is 4.12. The number of aromatic nitrogens is 1. The Hall–Kier alpha value is -3.12. The summed E-state index contributed by atoms with van der Waals surface area (Å²) in [7, 11) is 0. The van der Waals surface area contributed by atoms with Crippen molar-refractivity contribution in [1.82, 2.24) is 4.98 Å². The molecule has 1 amide bonds. The van der Waals surface area contributed by atoms with Gasteiger partial charge in [0.1, 0.15) is 11.3 Å². The molecule has 1 heterocycles. The van der Waals surface area contributed by atoms with E-state index in [2.05, 4.69) is 26.2 Å². The van der Waals surface area contributed by atoms with E-state index < -0.39 is 0 Å². The number of carbonyl (C=O) groups is 1. The summed E-state index contributed by atoms with van der Waals surface area (Å²) in [5, 5.41) is 2.89. The Labute approximate surface area is 170 Å². The van der Waals surface area contributed by atoms with Crippen LogP contribution in [0, 0.1) is 0 Å². The molecule has 0 aliphatic heterocycles. The van der Waals surface area contributed by atoms with Crippen LogP contribution in [0.15, 0.2) is 75.6 Å². The van der Waals surface area contributed by atoms with Crippen molar-refractivity contribution in [3.05, 3.63) is 76.8 Å². The van der Waals surface area contributed by atoms with Crippen molar-refractivity contribution in [2.45, 2.75) is 6.92 Å². The van der Waals surface area contributed by atoms with Crippen LogP contribution in [0.4, 0.5) is 5.69 Å². The molecule has 1 N–H and O–H groups in total. The van der Waals surface area contributed by atoms with Gasteiger partial charge in [0.05, 0.1) is 6.61 Å². The van der Waals surface area contributed by atoms with Crippen LogP contribution in [0.25, 0.3) is 22.6 Å². The van der Waals surface area contributed by atoms with Crippen molar-refractivity contribution in [3.8, 4) is 17.2 Å². The molecule has 5 nitrogen and oxygen atoms in total. The molecule has 0 saturated carbocycles. The van der Waals surface area contributed by atoms with E-state index in [9.17, 15) is 4.79 Å². The van der Waals surface area contributed by atoms with E-state index >= 15 is 0 Å². The van der Waals surface area contributed by atoms with Crippen molar-refractivity contribution >= 4 is 38.6 Å². The van der Waals surface area contributed by atoms with Gasteiger partial charge < -0.3 is 14.5 Å². The highest BCUT2D eigenvalue weighted by atomic mass is 79.9. The number of hydrogen-bond donors (Lipinski definition) is 1. The number of fused-ring (bicyclic) bond motifs is 1. The van der Waals surface area contributed by atoms with Gasteiger partial charge in [0.2, 0.25) is 5.89 Å². The summed E-state index contributed by atoms with van der Waals surface area (Å²) < 4.78 is 12.2. The van der Waals surface area contributed by atoms with Gasteiger partial charge in [-0.25, -0.2) is 4.98 Å².